The van der Waals surface area contributed by atoms with Crippen LogP contribution in [-0.2, 0) is 11.3 Å². The number of carbonyl (C=O) groups is 1. The van der Waals surface area contributed by atoms with Crippen molar-refractivity contribution in [2.45, 2.75) is 19.1 Å². The summed E-state index contributed by atoms with van der Waals surface area (Å²) in [6, 6.07) is 7.28. The molecule has 3 N–H and O–H groups in total. The van der Waals surface area contributed by atoms with Crippen molar-refractivity contribution in [2.75, 3.05) is 18.5 Å². The molecule has 0 radical (unpaired) electrons. The maximum Gasteiger partial charge on any atom is 0.275 e. The lowest BCUT2D eigenvalue weighted by Crippen LogP contribution is -2.16. The zero-order chi connectivity index (χ0) is 15.4. The van der Waals surface area contributed by atoms with Gasteiger partial charge in [-0.15, -0.1) is 23.7 Å². The normalized spacial score (nSPS) is 16.7. The number of aromatic nitrogens is 1. The van der Waals surface area contributed by atoms with Crippen LogP contribution < -0.4 is 15.8 Å². The molecule has 0 bridgehead atoms. The lowest BCUT2D eigenvalue weighted by molar-refractivity contribution is 0.102. The average Bonchev–Trinajstić information content (AvgIpc) is 3.20. The van der Waals surface area contributed by atoms with E-state index >= 15 is 0 Å². The zero-order valence-corrected chi connectivity index (χ0v) is 14.0. The van der Waals surface area contributed by atoms with Gasteiger partial charge >= 0.3 is 0 Å². The number of halogens is 1. The van der Waals surface area contributed by atoms with Crippen molar-refractivity contribution < 1.29 is 14.3 Å². The number of hydrogen-bond donors (Lipinski definition) is 2. The molecule has 1 amide bonds. The molecule has 3 rings (SSSR count). The summed E-state index contributed by atoms with van der Waals surface area (Å²) in [5.74, 6) is 0.529. The van der Waals surface area contributed by atoms with Gasteiger partial charge < -0.3 is 20.5 Å². The fourth-order valence-electron chi connectivity index (χ4n) is 2.12. The zero-order valence-electron chi connectivity index (χ0n) is 12.4. The van der Waals surface area contributed by atoms with Gasteiger partial charge in [0.05, 0.1) is 13.2 Å². The number of hydrogen-bond acceptors (Lipinski definition) is 6. The van der Waals surface area contributed by atoms with Gasteiger partial charge in [-0.2, -0.15) is 0 Å². The highest BCUT2D eigenvalue weighted by atomic mass is 35.5. The third-order valence-electron chi connectivity index (χ3n) is 3.26. The molecular weight excluding hydrogens is 338 g/mol. The minimum atomic E-state index is -0.242. The molecule has 1 aromatic heterocycles. The van der Waals surface area contributed by atoms with E-state index in [4.69, 9.17) is 15.2 Å². The van der Waals surface area contributed by atoms with Crippen LogP contribution >= 0.6 is 23.7 Å². The second-order valence-corrected chi connectivity index (χ2v) is 5.86. The van der Waals surface area contributed by atoms with E-state index in [9.17, 15) is 4.79 Å². The van der Waals surface area contributed by atoms with Gasteiger partial charge in [0.2, 0.25) is 0 Å². The highest BCUT2D eigenvalue weighted by Gasteiger charge is 2.17. The lowest BCUT2D eigenvalue weighted by atomic mass is 10.2. The molecule has 0 saturated carbocycles. The predicted molar refractivity (Wildman–Crippen MR) is 91.5 cm³/mol. The maximum absolute atomic E-state index is 12.1. The molecular formula is C15H18ClN3O3S. The van der Waals surface area contributed by atoms with Crippen LogP contribution in [0.1, 0.15) is 21.9 Å². The first kappa shape index (κ1) is 17.7. The van der Waals surface area contributed by atoms with Gasteiger partial charge in [0.1, 0.15) is 22.6 Å². The summed E-state index contributed by atoms with van der Waals surface area (Å²) in [6.45, 7) is 1.72. The van der Waals surface area contributed by atoms with E-state index in [1.807, 2.05) is 12.1 Å². The van der Waals surface area contributed by atoms with Crippen molar-refractivity contribution in [3.63, 3.8) is 0 Å². The number of amides is 1. The summed E-state index contributed by atoms with van der Waals surface area (Å²) in [5, 5.41) is 5.25. The van der Waals surface area contributed by atoms with Gasteiger partial charge in [0.25, 0.3) is 5.91 Å². The molecule has 6 nitrogen and oxygen atoms in total. The number of ether oxygens (including phenoxy) is 2. The van der Waals surface area contributed by atoms with Crippen LogP contribution in [0.5, 0.6) is 5.75 Å². The van der Waals surface area contributed by atoms with Gasteiger partial charge in [-0.1, -0.05) is 0 Å². The molecule has 2 aromatic rings. The number of nitrogens with zero attached hydrogens (tertiary/aromatic N) is 1. The number of benzene rings is 1. The Hall–Kier alpha value is -1.67. The monoisotopic (exact) mass is 355 g/mol. The van der Waals surface area contributed by atoms with E-state index in [0.717, 1.165) is 23.8 Å². The standard InChI is InChI=1S/C15H17N3O3S.ClH/c16-7-14-18-13(9-22-14)15(19)17-10-1-3-11(4-2-10)21-12-5-6-20-8-12;/h1-4,9,12H,5-8,16H2,(H,17,19);1H. The van der Waals surface area contributed by atoms with Crippen molar-refractivity contribution in [3.8, 4) is 5.75 Å². The second kappa shape index (κ2) is 8.26. The Morgan fingerprint density at radius 1 is 1.43 bits per heavy atom. The van der Waals surface area contributed by atoms with Gasteiger partial charge in [-0.05, 0) is 24.3 Å². The molecule has 0 aliphatic carbocycles. The highest BCUT2D eigenvalue weighted by molar-refractivity contribution is 7.09. The van der Waals surface area contributed by atoms with E-state index in [2.05, 4.69) is 10.3 Å². The minimum absolute atomic E-state index is 0. The number of nitrogens with one attached hydrogen (secondary N) is 1. The quantitative estimate of drug-likeness (QED) is 0.860. The van der Waals surface area contributed by atoms with Crippen molar-refractivity contribution in [3.05, 3.63) is 40.3 Å². The van der Waals surface area contributed by atoms with Crippen LogP contribution in [0.25, 0.3) is 0 Å². The lowest BCUT2D eigenvalue weighted by Gasteiger charge is -2.12. The van der Waals surface area contributed by atoms with Crippen LogP contribution in [0.15, 0.2) is 29.6 Å². The fourth-order valence-corrected chi connectivity index (χ4v) is 2.77. The third-order valence-corrected chi connectivity index (χ3v) is 4.13. The summed E-state index contributed by atoms with van der Waals surface area (Å²) in [5.41, 5.74) is 6.57. The third kappa shape index (κ3) is 4.65. The van der Waals surface area contributed by atoms with Gasteiger partial charge in [0, 0.05) is 24.0 Å². The summed E-state index contributed by atoms with van der Waals surface area (Å²) in [6.07, 6.45) is 1.02. The van der Waals surface area contributed by atoms with Crippen LogP contribution in [-0.4, -0.2) is 30.2 Å². The molecule has 1 aliphatic heterocycles. The molecule has 1 atom stereocenters. The van der Waals surface area contributed by atoms with E-state index in [0.29, 0.717) is 24.5 Å². The van der Waals surface area contributed by atoms with Gasteiger partial charge in [0.15, 0.2) is 0 Å². The maximum atomic E-state index is 12.1. The van der Waals surface area contributed by atoms with Crippen molar-refractivity contribution in [1.82, 2.24) is 4.98 Å². The molecule has 2 heterocycles. The Balaban J connectivity index is 0.00000192. The van der Waals surface area contributed by atoms with E-state index in [-0.39, 0.29) is 24.4 Å². The summed E-state index contributed by atoms with van der Waals surface area (Å²) in [4.78, 5) is 16.2. The number of nitrogens with two attached hydrogens (primary N) is 1. The molecule has 8 heteroatoms. The molecule has 1 aromatic carbocycles. The van der Waals surface area contributed by atoms with Crippen LogP contribution in [0, 0.1) is 0 Å². The summed E-state index contributed by atoms with van der Waals surface area (Å²) >= 11 is 1.38. The van der Waals surface area contributed by atoms with Gasteiger partial charge in [-0.25, -0.2) is 4.98 Å². The molecule has 1 fully saturated rings. The predicted octanol–water partition coefficient (Wildman–Crippen LogP) is 2.44. The Kier molecular flexibility index (Phi) is 6.35. The summed E-state index contributed by atoms with van der Waals surface area (Å²) < 4.78 is 11.0. The van der Waals surface area contributed by atoms with Crippen LogP contribution in [0.3, 0.4) is 0 Å². The van der Waals surface area contributed by atoms with Crippen molar-refractivity contribution in [1.29, 1.82) is 0 Å². The van der Waals surface area contributed by atoms with Gasteiger partial charge in [-0.3, -0.25) is 4.79 Å². The number of anilines is 1. The average molecular weight is 356 g/mol. The first-order valence-electron chi connectivity index (χ1n) is 7.05. The molecule has 1 unspecified atom stereocenters. The largest absolute Gasteiger partial charge is 0.488 e. The fraction of sp³-hybridized carbons (Fsp3) is 0.333. The number of thiazole rings is 1. The topological polar surface area (TPSA) is 86.5 Å². The minimum Gasteiger partial charge on any atom is -0.488 e. The second-order valence-electron chi connectivity index (χ2n) is 4.91. The van der Waals surface area contributed by atoms with Crippen molar-refractivity contribution in [2.24, 2.45) is 5.73 Å². The molecule has 0 spiro atoms. The smallest absolute Gasteiger partial charge is 0.275 e. The number of carbonyl (C=O) groups excluding carboxylic acids is 1. The Bertz CT molecular complexity index is 642. The highest BCUT2D eigenvalue weighted by Crippen LogP contribution is 2.20. The Morgan fingerprint density at radius 3 is 2.83 bits per heavy atom. The van der Waals surface area contributed by atoms with Crippen molar-refractivity contribution >= 4 is 35.3 Å². The molecule has 1 aliphatic rings. The first-order valence-corrected chi connectivity index (χ1v) is 7.93. The Morgan fingerprint density at radius 2 is 2.22 bits per heavy atom. The van der Waals surface area contributed by atoms with E-state index < -0.39 is 0 Å². The summed E-state index contributed by atoms with van der Waals surface area (Å²) in [7, 11) is 0. The first-order chi connectivity index (χ1) is 10.7. The van der Waals surface area contributed by atoms with Crippen LogP contribution in [0.2, 0.25) is 0 Å². The van der Waals surface area contributed by atoms with E-state index in [1.54, 1.807) is 17.5 Å². The van der Waals surface area contributed by atoms with E-state index in [1.165, 1.54) is 11.3 Å². The molecule has 23 heavy (non-hydrogen) atoms. The Labute approximate surface area is 144 Å². The molecule has 124 valence electrons. The number of rotatable bonds is 5. The molecule has 1 saturated heterocycles. The van der Waals surface area contributed by atoms with Crippen LogP contribution in [0.4, 0.5) is 5.69 Å². The SMILES string of the molecule is Cl.NCc1nc(C(=O)Nc2ccc(OC3CCOC3)cc2)cs1.